The molecule has 0 N–H and O–H groups in total. The van der Waals surface area contributed by atoms with Crippen LogP contribution in [0.4, 0.5) is 19.0 Å². The smallest absolute Gasteiger partial charge is 0.416 e. The minimum atomic E-state index is -4.44. The Balaban J connectivity index is 1.42. The fourth-order valence-corrected chi connectivity index (χ4v) is 5.99. The lowest BCUT2D eigenvalue weighted by Gasteiger charge is -2.41. The summed E-state index contributed by atoms with van der Waals surface area (Å²) in [4.78, 5) is 29.8. The molecule has 2 fully saturated rings. The molecular formula is C29H34F3N7O2. The molecule has 1 aromatic carbocycles. The molecule has 0 unspecified atom stereocenters. The van der Waals surface area contributed by atoms with Crippen molar-refractivity contribution in [2.45, 2.75) is 57.2 Å². The third-order valence-corrected chi connectivity index (χ3v) is 8.17. The molecule has 0 spiro atoms. The van der Waals surface area contributed by atoms with E-state index in [0.717, 1.165) is 36.7 Å². The number of anilines is 1. The number of likely N-dealkylation sites (N-methyl/N-ethyl adjacent to an activating group) is 1. The van der Waals surface area contributed by atoms with Crippen molar-refractivity contribution >= 4 is 11.7 Å². The van der Waals surface area contributed by atoms with E-state index in [1.54, 1.807) is 11.0 Å². The molecular weight excluding hydrogens is 535 g/mol. The van der Waals surface area contributed by atoms with E-state index in [2.05, 4.69) is 24.6 Å². The molecule has 9 nitrogen and oxygen atoms in total. The maximum atomic E-state index is 13.7. The lowest BCUT2D eigenvalue weighted by molar-refractivity contribution is -0.138. The number of ether oxygens (including phenoxy) is 1. The van der Waals surface area contributed by atoms with Gasteiger partial charge in [-0.25, -0.2) is 0 Å². The van der Waals surface area contributed by atoms with Crippen molar-refractivity contribution in [3.05, 3.63) is 59.3 Å². The molecule has 0 saturated carbocycles. The van der Waals surface area contributed by atoms with Gasteiger partial charge in [0.1, 0.15) is 12.4 Å². The topological polar surface area (TPSA) is 88.8 Å². The zero-order valence-corrected chi connectivity index (χ0v) is 23.1. The summed E-state index contributed by atoms with van der Waals surface area (Å²) in [5.74, 6) is 0.419. The number of carbonyl (C=O) groups excluding carboxylic acids is 1. The van der Waals surface area contributed by atoms with Gasteiger partial charge in [-0.05, 0) is 44.1 Å². The van der Waals surface area contributed by atoms with Crippen molar-refractivity contribution in [1.82, 2.24) is 24.7 Å². The number of aromatic nitrogens is 2. The first-order valence-electron chi connectivity index (χ1n) is 13.8. The monoisotopic (exact) mass is 569 g/mol. The number of benzene rings is 1. The molecule has 218 valence electrons. The highest BCUT2D eigenvalue weighted by Crippen LogP contribution is 2.36. The molecule has 4 heterocycles. The second-order valence-corrected chi connectivity index (χ2v) is 10.8. The normalized spacial score (nSPS) is 21.5. The molecule has 1 aromatic heterocycles. The number of halogens is 3. The molecule has 3 aliphatic heterocycles. The second kappa shape index (κ2) is 12.0. The van der Waals surface area contributed by atoms with Crippen LogP contribution in [0.1, 0.15) is 41.6 Å². The van der Waals surface area contributed by atoms with Gasteiger partial charge in [0.2, 0.25) is 5.91 Å². The molecule has 1 amide bonds. The molecule has 12 heteroatoms. The van der Waals surface area contributed by atoms with E-state index in [1.807, 2.05) is 9.80 Å². The number of likely N-dealkylation sites (tertiary alicyclic amines) is 1. The molecule has 2 aromatic rings. The van der Waals surface area contributed by atoms with Crippen LogP contribution in [0, 0.1) is 11.3 Å². The van der Waals surface area contributed by atoms with Crippen LogP contribution in [-0.2, 0) is 30.6 Å². The first-order chi connectivity index (χ1) is 19.7. The number of nitrogens with zero attached hydrogens (tertiary/aromatic N) is 7. The number of amides is 1. The third kappa shape index (κ3) is 6.31. The van der Waals surface area contributed by atoms with Gasteiger partial charge >= 0.3 is 12.2 Å². The number of piperazine rings is 1. The van der Waals surface area contributed by atoms with Gasteiger partial charge < -0.3 is 19.4 Å². The fourth-order valence-electron chi connectivity index (χ4n) is 5.99. The molecule has 0 radical (unpaired) electrons. The predicted molar refractivity (Wildman–Crippen MR) is 146 cm³/mol. The van der Waals surface area contributed by atoms with E-state index in [4.69, 9.17) is 14.7 Å². The number of rotatable bonds is 8. The fraction of sp³-hybridized carbons (Fsp3) is 0.517. The number of nitriles is 1. The van der Waals surface area contributed by atoms with Crippen LogP contribution < -0.4 is 9.64 Å². The zero-order valence-electron chi connectivity index (χ0n) is 23.1. The minimum Gasteiger partial charge on any atom is -0.462 e. The Morgan fingerprint density at radius 2 is 2.00 bits per heavy atom. The summed E-state index contributed by atoms with van der Waals surface area (Å²) in [6.07, 6.45) is -0.911. The van der Waals surface area contributed by atoms with Crippen molar-refractivity contribution in [2.24, 2.45) is 0 Å². The van der Waals surface area contributed by atoms with E-state index in [-0.39, 0.29) is 42.5 Å². The average Bonchev–Trinajstić information content (AvgIpc) is 3.55. The van der Waals surface area contributed by atoms with E-state index in [9.17, 15) is 23.2 Å². The van der Waals surface area contributed by atoms with Gasteiger partial charge in [-0.3, -0.25) is 9.69 Å². The van der Waals surface area contributed by atoms with Gasteiger partial charge in [0, 0.05) is 50.9 Å². The lowest BCUT2D eigenvalue weighted by Crippen LogP contribution is -2.55. The van der Waals surface area contributed by atoms with Gasteiger partial charge in [0.05, 0.1) is 29.8 Å². The number of alkyl halides is 3. The van der Waals surface area contributed by atoms with Crippen molar-refractivity contribution in [1.29, 1.82) is 5.26 Å². The van der Waals surface area contributed by atoms with Crippen molar-refractivity contribution in [3.63, 3.8) is 0 Å². The van der Waals surface area contributed by atoms with E-state index in [0.29, 0.717) is 45.1 Å². The first kappa shape index (κ1) is 28.8. The summed E-state index contributed by atoms with van der Waals surface area (Å²) < 4.78 is 47.1. The van der Waals surface area contributed by atoms with Gasteiger partial charge in [-0.1, -0.05) is 24.8 Å². The summed E-state index contributed by atoms with van der Waals surface area (Å²) in [5, 5.41) is 9.43. The lowest BCUT2D eigenvalue weighted by atomic mass is 10.1. The second-order valence-electron chi connectivity index (χ2n) is 10.8. The van der Waals surface area contributed by atoms with Gasteiger partial charge in [0.15, 0.2) is 0 Å². The van der Waals surface area contributed by atoms with Crippen LogP contribution in [0.3, 0.4) is 0 Å². The van der Waals surface area contributed by atoms with Crippen LogP contribution >= 0.6 is 0 Å². The Morgan fingerprint density at radius 3 is 2.71 bits per heavy atom. The standard InChI is InChI=1S/C29H34F3N7O2/c1-3-26(40)39-14-13-38(16-21(39)10-11-33)27-23-17-37(15-20-7-4-5-9-24(20)29(30,31)32)18-25(23)34-28(35-27)41-19-22-8-6-12-36(22)2/h3-5,7,9,21-22H,1,6,8,10,12-19H2,2H3/t21-,22-/m0/s1. The van der Waals surface area contributed by atoms with Crippen LogP contribution in [-0.4, -0.2) is 82.5 Å². The summed E-state index contributed by atoms with van der Waals surface area (Å²) in [5.41, 5.74) is 1.11. The number of hydrogen-bond donors (Lipinski definition) is 0. The summed E-state index contributed by atoms with van der Waals surface area (Å²) >= 11 is 0. The highest BCUT2D eigenvalue weighted by Gasteiger charge is 2.36. The summed E-state index contributed by atoms with van der Waals surface area (Å²) in [6, 6.07) is 7.95. The Bertz CT molecular complexity index is 1330. The SMILES string of the molecule is C=CC(=O)N1CCN(c2nc(OC[C@@H]3CCCN3C)nc3c2CN(Cc2ccccc2C(F)(F)F)C3)C[C@@H]1CC#N. The third-order valence-electron chi connectivity index (χ3n) is 8.17. The largest absolute Gasteiger partial charge is 0.462 e. The minimum absolute atomic E-state index is 0.104. The Kier molecular flexibility index (Phi) is 8.47. The quantitative estimate of drug-likeness (QED) is 0.446. The van der Waals surface area contributed by atoms with Crippen LogP contribution in [0.25, 0.3) is 0 Å². The molecule has 3 aliphatic rings. The van der Waals surface area contributed by atoms with Crippen molar-refractivity contribution < 1.29 is 22.7 Å². The Morgan fingerprint density at radius 1 is 1.20 bits per heavy atom. The maximum absolute atomic E-state index is 13.7. The predicted octanol–water partition coefficient (Wildman–Crippen LogP) is 3.60. The van der Waals surface area contributed by atoms with Crippen LogP contribution in [0.5, 0.6) is 6.01 Å². The first-order valence-corrected chi connectivity index (χ1v) is 13.8. The molecule has 2 saturated heterocycles. The number of carbonyl (C=O) groups is 1. The zero-order chi connectivity index (χ0) is 29.1. The molecule has 5 rings (SSSR count). The number of fused-ring (bicyclic) bond motifs is 1. The average molecular weight is 570 g/mol. The van der Waals surface area contributed by atoms with E-state index in [1.165, 1.54) is 18.2 Å². The van der Waals surface area contributed by atoms with Crippen LogP contribution in [0.2, 0.25) is 0 Å². The Hall–Kier alpha value is -3.69. The van der Waals surface area contributed by atoms with Crippen molar-refractivity contribution in [2.75, 3.05) is 44.7 Å². The van der Waals surface area contributed by atoms with Crippen molar-refractivity contribution in [3.8, 4) is 12.1 Å². The van der Waals surface area contributed by atoms with E-state index >= 15 is 0 Å². The summed E-state index contributed by atoms with van der Waals surface area (Å²) in [6.45, 7) is 7.12. The highest BCUT2D eigenvalue weighted by molar-refractivity contribution is 5.87. The van der Waals surface area contributed by atoms with Crippen LogP contribution in [0.15, 0.2) is 36.9 Å². The van der Waals surface area contributed by atoms with E-state index < -0.39 is 11.7 Å². The molecule has 0 bridgehead atoms. The molecule has 2 atom stereocenters. The number of hydrogen-bond acceptors (Lipinski definition) is 8. The molecule has 0 aliphatic carbocycles. The Labute approximate surface area is 237 Å². The summed E-state index contributed by atoms with van der Waals surface area (Å²) in [7, 11) is 2.06. The van der Waals surface area contributed by atoms with Gasteiger partial charge in [0.25, 0.3) is 0 Å². The highest BCUT2D eigenvalue weighted by atomic mass is 19.4. The van der Waals surface area contributed by atoms with Gasteiger partial charge in [-0.2, -0.15) is 28.4 Å². The molecule has 41 heavy (non-hydrogen) atoms. The maximum Gasteiger partial charge on any atom is 0.416 e. The van der Waals surface area contributed by atoms with Gasteiger partial charge in [-0.15, -0.1) is 0 Å².